The van der Waals surface area contributed by atoms with Crippen LogP contribution in [0.1, 0.15) is 11.3 Å². The van der Waals surface area contributed by atoms with Crippen molar-refractivity contribution in [1.29, 1.82) is 0 Å². The van der Waals surface area contributed by atoms with E-state index in [4.69, 9.17) is 4.42 Å². The molecule has 0 N–H and O–H groups in total. The van der Waals surface area contributed by atoms with Gasteiger partial charge in [0.05, 0.1) is 10.6 Å². The van der Waals surface area contributed by atoms with E-state index in [0.29, 0.717) is 60.2 Å². The predicted molar refractivity (Wildman–Crippen MR) is 114 cm³/mol. The lowest BCUT2D eigenvalue weighted by molar-refractivity contribution is -0.382. The maximum Gasteiger partial charge on any atom is 0.323 e. The molecular formula is C21H20N6O3. The van der Waals surface area contributed by atoms with Crippen LogP contribution in [-0.2, 0) is 0 Å². The van der Waals surface area contributed by atoms with E-state index in [-0.39, 0.29) is 10.6 Å². The van der Waals surface area contributed by atoms with Gasteiger partial charge in [0.15, 0.2) is 5.58 Å². The second-order valence-electron chi connectivity index (χ2n) is 7.46. The second-order valence-corrected chi connectivity index (χ2v) is 7.46. The fourth-order valence-corrected chi connectivity index (χ4v) is 4.03. The Kier molecular flexibility index (Phi) is 4.23. The topological polar surface area (TPSA) is 101 Å². The lowest BCUT2D eigenvalue weighted by Crippen LogP contribution is -2.47. The Morgan fingerprint density at radius 1 is 1.07 bits per heavy atom. The van der Waals surface area contributed by atoms with Crippen LogP contribution in [-0.4, -0.2) is 46.1 Å². The van der Waals surface area contributed by atoms with Gasteiger partial charge in [-0.3, -0.25) is 10.1 Å². The summed E-state index contributed by atoms with van der Waals surface area (Å²) in [6.07, 6.45) is 3.42. The fourth-order valence-electron chi connectivity index (χ4n) is 4.03. The summed E-state index contributed by atoms with van der Waals surface area (Å²) >= 11 is 0. The molecule has 3 aromatic heterocycles. The SMILES string of the molecule is Cc1ccc2c(c1)oc1c(C)nc(N3CCN(c4ncccn4)CC3)c([N+](=O)[O-])c12. The Morgan fingerprint density at radius 3 is 2.47 bits per heavy atom. The number of aromatic nitrogens is 3. The first kappa shape index (κ1) is 18.3. The van der Waals surface area contributed by atoms with Crippen molar-refractivity contribution in [2.75, 3.05) is 36.0 Å². The fraction of sp³-hybridized carbons (Fsp3) is 0.286. The molecule has 0 unspecified atom stereocenters. The maximum atomic E-state index is 12.2. The number of piperazine rings is 1. The Labute approximate surface area is 172 Å². The van der Waals surface area contributed by atoms with Crippen LogP contribution < -0.4 is 9.80 Å². The number of fused-ring (bicyclic) bond motifs is 3. The van der Waals surface area contributed by atoms with Crippen molar-refractivity contribution >= 4 is 39.4 Å². The van der Waals surface area contributed by atoms with Crippen molar-refractivity contribution in [1.82, 2.24) is 15.0 Å². The van der Waals surface area contributed by atoms with Crippen LogP contribution in [0.5, 0.6) is 0 Å². The average molecular weight is 404 g/mol. The summed E-state index contributed by atoms with van der Waals surface area (Å²) in [5, 5.41) is 13.4. The largest absolute Gasteiger partial charge is 0.454 e. The minimum atomic E-state index is -0.342. The zero-order valence-corrected chi connectivity index (χ0v) is 16.7. The molecule has 5 rings (SSSR count). The van der Waals surface area contributed by atoms with Gasteiger partial charge in [-0.2, -0.15) is 0 Å². The third-order valence-electron chi connectivity index (χ3n) is 5.49. The number of anilines is 2. The van der Waals surface area contributed by atoms with E-state index < -0.39 is 0 Å². The first-order valence-electron chi connectivity index (χ1n) is 9.77. The molecule has 9 heteroatoms. The molecule has 152 valence electrons. The molecule has 4 aromatic rings. The number of benzene rings is 1. The van der Waals surface area contributed by atoms with Crippen LogP contribution in [0.2, 0.25) is 0 Å². The number of aryl methyl sites for hydroxylation is 2. The third-order valence-corrected chi connectivity index (χ3v) is 5.49. The number of hydrogen-bond acceptors (Lipinski definition) is 8. The van der Waals surface area contributed by atoms with Gasteiger partial charge in [0.2, 0.25) is 11.8 Å². The van der Waals surface area contributed by atoms with Crippen LogP contribution in [0.25, 0.3) is 21.9 Å². The normalized spacial score (nSPS) is 14.6. The summed E-state index contributed by atoms with van der Waals surface area (Å²) in [5.41, 5.74) is 2.80. The Bertz CT molecular complexity index is 1260. The summed E-state index contributed by atoms with van der Waals surface area (Å²) in [5.74, 6) is 1.06. The van der Waals surface area contributed by atoms with E-state index in [1.165, 1.54) is 0 Å². The summed E-state index contributed by atoms with van der Waals surface area (Å²) in [7, 11) is 0. The zero-order chi connectivity index (χ0) is 20.8. The monoisotopic (exact) mass is 404 g/mol. The van der Waals surface area contributed by atoms with Gasteiger partial charge in [-0.25, -0.2) is 15.0 Å². The molecule has 0 amide bonds. The van der Waals surface area contributed by atoms with Crippen molar-refractivity contribution in [2.24, 2.45) is 0 Å². The Balaban J connectivity index is 1.59. The van der Waals surface area contributed by atoms with E-state index in [0.717, 1.165) is 10.9 Å². The van der Waals surface area contributed by atoms with Crippen molar-refractivity contribution in [3.63, 3.8) is 0 Å². The van der Waals surface area contributed by atoms with Gasteiger partial charge in [0.1, 0.15) is 11.0 Å². The molecule has 0 radical (unpaired) electrons. The molecule has 0 saturated carbocycles. The minimum Gasteiger partial charge on any atom is -0.454 e. The highest BCUT2D eigenvalue weighted by Gasteiger charge is 2.31. The van der Waals surface area contributed by atoms with E-state index >= 15 is 0 Å². The summed E-state index contributed by atoms with van der Waals surface area (Å²) in [6, 6.07) is 7.51. The molecule has 1 saturated heterocycles. The first-order chi connectivity index (χ1) is 14.5. The third kappa shape index (κ3) is 2.90. The highest BCUT2D eigenvalue weighted by Crippen LogP contribution is 2.42. The molecule has 0 aliphatic carbocycles. The summed E-state index contributed by atoms with van der Waals surface area (Å²) in [6.45, 7) is 6.29. The minimum absolute atomic E-state index is 0.00242. The van der Waals surface area contributed by atoms with Crippen LogP contribution in [0.3, 0.4) is 0 Å². The molecule has 0 bridgehead atoms. The van der Waals surface area contributed by atoms with Crippen molar-refractivity contribution < 1.29 is 9.34 Å². The number of rotatable bonds is 3. The van der Waals surface area contributed by atoms with Crippen molar-refractivity contribution in [2.45, 2.75) is 13.8 Å². The lowest BCUT2D eigenvalue weighted by atomic mass is 10.1. The van der Waals surface area contributed by atoms with E-state index in [9.17, 15) is 10.1 Å². The molecular weight excluding hydrogens is 384 g/mol. The number of nitro groups is 1. The smallest absolute Gasteiger partial charge is 0.323 e. The molecule has 1 aromatic carbocycles. The van der Waals surface area contributed by atoms with Gasteiger partial charge in [-0.1, -0.05) is 6.07 Å². The van der Waals surface area contributed by atoms with Gasteiger partial charge in [-0.15, -0.1) is 0 Å². The zero-order valence-electron chi connectivity index (χ0n) is 16.7. The van der Waals surface area contributed by atoms with Crippen LogP contribution in [0.4, 0.5) is 17.5 Å². The van der Waals surface area contributed by atoms with Crippen molar-refractivity contribution in [3.8, 4) is 0 Å². The second kappa shape index (κ2) is 6.94. The van der Waals surface area contributed by atoms with Gasteiger partial charge >= 0.3 is 5.69 Å². The van der Waals surface area contributed by atoms with E-state index in [2.05, 4.69) is 19.9 Å². The van der Waals surface area contributed by atoms with Gasteiger partial charge in [0, 0.05) is 44.0 Å². The molecule has 1 fully saturated rings. The van der Waals surface area contributed by atoms with Crippen LogP contribution in [0.15, 0.2) is 41.1 Å². The molecule has 0 spiro atoms. The molecule has 9 nitrogen and oxygen atoms in total. The van der Waals surface area contributed by atoms with Crippen LogP contribution in [0, 0.1) is 24.0 Å². The number of pyridine rings is 1. The molecule has 30 heavy (non-hydrogen) atoms. The van der Waals surface area contributed by atoms with E-state index in [1.807, 2.05) is 36.9 Å². The molecule has 4 heterocycles. The summed E-state index contributed by atoms with van der Waals surface area (Å²) in [4.78, 5) is 29.0. The highest BCUT2D eigenvalue weighted by atomic mass is 16.6. The van der Waals surface area contributed by atoms with Crippen molar-refractivity contribution in [3.05, 3.63) is 58.0 Å². The molecule has 0 atom stereocenters. The number of furan rings is 1. The highest BCUT2D eigenvalue weighted by molar-refractivity contribution is 6.12. The Hall–Kier alpha value is -3.75. The predicted octanol–water partition coefficient (Wildman–Crippen LogP) is 3.62. The van der Waals surface area contributed by atoms with Gasteiger partial charge in [0.25, 0.3) is 0 Å². The number of nitrogens with zero attached hydrogens (tertiary/aromatic N) is 6. The maximum absolute atomic E-state index is 12.2. The van der Waals surface area contributed by atoms with Gasteiger partial charge < -0.3 is 14.2 Å². The summed E-state index contributed by atoms with van der Waals surface area (Å²) < 4.78 is 5.96. The van der Waals surface area contributed by atoms with Gasteiger partial charge in [-0.05, 0) is 37.6 Å². The molecule has 1 aliphatic rings. The average Bonchev–Trinajstić information content (AvgIpc) is 3.13. The Morgan fingerprint density at radius 2 is 1.77 bits per heavy atom. The lowest BCUT2D eigenvalue weighted by Gasteiger charge is -2.35. The number of hydrogen-bond donors (Lipinski definition) is 0. The van der Waals surface area contributed by atoms with Crippen LogP contribution >= 0.6 is 0 Å². The van der Waals surface area contributed by atoms with E-state index in [1.54, 1.807) is 18.5 Å². The first-order valence-corrected chi connectivity index (χ1v) is 9.77. The quantitative estimate of drug-likeness (QED) is 0.377. The molecule has 1 aliphatic heterocycles. The standard InChI is InChI=1S/C21H20N6O3/c1-13-4-5-15-16(12-13)30-19-14(2)24-20(18(17(15)19)27(28)29)25-8-10-26(11-9-25)21-22-6-3-7-23-21/h3-7,12H,8-11H2,1-2H3.